The molecule has 1 aliphatic rings. The Hall–Kier alpha value is -2.36. The van der Waals surface area contributed by atoms with Gasteiger partial charge in [-0.3, -0.25) is 4.79 Å². The SMILES string of the molecule is COc1ccc(-n2c(=O)c3c4c(sc3n3c(SCCC(C)C)nnc23)CO[C@H](C(C)C)C4)cc1. The Kier molecular flexibility index (Phi) is 6.43. The molecule has 0 amide bonds. The summed E-state index contributed by atoms with van der Waals surface area (Å²) in [4.78, 5) is 16.1. The van der Waals surface area contributed by atoms with E-state index in [2.05, 4.69) is 42.3 Å². The van der Waals surface area contributed by atoms with Crippen LogP contribution >= 0.6 is 23.1 Å². The van der Waals surface area contributed by atoms with Crippen molar-refractivity contribution in [3.63, 3.8) is 0 Å². The first kappa shape index (κ1) is 23.4. The summed E-state index contributed by atoms with van der Waals surface area (Å²) < 4.78 is 15.2. The number of thioether (sulfide) groups is 1. The number of fused-ring (bicyclic) bond motifs is 5. The van der Waals surface area contributed by atoms with Crippen molar-refractivity contribution in [2.24, 2.45) is 11.8 Å². The molecule has 0 fully saturated rings. The lowest BCUT2D eigenvalue weighted by atomic mass is 9.96. The smallest absolute Gasteiger partial charge is 0.268 e. The van der Waals surface area contributed by atoms with E-state index in [4.69, 9.17) is 9.47 Å². The fraction of sp³-hybridized carbons (Fsp3) is 0.480. The molecule has 1 aliphatic heterocycles. The van der Waals surface area contributed by atoms with Crippen molar-refractivity contribution in [1.29, 1.82) is 0 Å². The van der Waals surface area contributed by atoms with Crippen molar-refractivity contribution < 1.29 is 9.47 Å². The fourth-order valence-electron chi connectivity index (χ4n) is 4.31. The number of benzene rings is 1. The minimum absolute atomic E-state index is 0.0549. The van der Waals surface area contributed by atoms with Gasteiger partial charge in [0.05, 0.1) is 30.9 Å². The van der Waals surface area contributed by atoms with E-state index in [0.29, 0.717) is 24.2 Å². The Labute approximate surface area is 207 Å². The third kappa shape index (κ3) is 4.03. The molecule has 0 radical (unpaired) electrons. The van der Waals surface area contributed by atoms with Gasteiger partial charge in [-0.2, -0.15) is 0 Å². The number of rotatable bonds is 7. The molecule has 7 nitrogen and oxygen atoms in total. The predicted octanol–water partition coefficient (Wildman–Crippen LogP) is 5.34. The maximum Gasteiger partial charge on any atom is 0.268 e. The second-order valence-corrected chi connectivity index (χ2v) is 11.6. The van der Waals surface area contributed by atoms with Gasteiger partial charge in [-0.1, -0.05) is 39.5 Å². The highest BCUT2D eigenvalue weighted by Gasteiger charge is 2.30. The Morgan fingerprint density at radius 3 is 2.65 bits per heavy atom. The molecule has 3 aromatic heterocycles. The first-order valence-corrected chi connectivity index (χ1v) is 13.5. The maximum atomic E-state index is 14.0. The van der Waals surface area contributed by atoms with Crippen molar-refractivity contribution in [2.75, 3.05) is 12.9 Å². The molecule has 1 atom stereocenters. The van der Waals surface area contributed by atoms with Crippen LogP contribution in [0, 0.1) is 11.8 Å². The summed E-state index contributed by atoms with van der Waals surface area (Å²) in [6.07, 6.45) is 1.94. The molecule has 4 heterocycles. The van der Waals surface area contributed by atoms with Gasteiger partial charge < -0.3 is 9.47 Å². The Morgan fingerprint density at radius 2 is 1.97 bits per heavy atom. The predicted molar refractivity (Wildman–Crippen MR) is 138 cm³/mol. The average molecular weight is 499 g/mol. The third-order valence-electron chi connectivity index (χ3n) is 6.34. The van der Waals surface area contributed by atoms with Crippen molar-refractivity contribution in [3.05, 3.63) is 45.1 Å². The van der Waals surface area contributed by atoms with Gasteiger partial charge in [0.25, 0.3) is 5.56 Å². The Bertz CT molecular complexity index is 1390. The van der Waals surface area contributed by atoms with Gasteiger partial charge in [0, 0.05) is 17.1 Å². The van der Waals surface area contributed by atoms with Crippen molar-refractivity contribution in [3.8, 4) is 11.4 Å². The minimum Gasteiger partial charge on any atom is -0.497 e. The third-order valence-corrected chi connectivity index (χ3v) is 8.50. The average Bonchev–Trinajstić information content (AvgIpc) is 3.40. The summed E-state index contributed by atoms with van der Waals surface area (Å²) in [5.74, 6) is 3.22. The van der Waals surface area contributed by atoms with Crippen LogP contribution in [-0.4, -0.2) is 38.1 Å². The zero-order chi connectivity index (χ0) is 24.0. The van der Waals surface area contributed by atoms with Crippen LogP contribution in [0.3, 0.4) is 0 Å². The monoisotopic (exact) mass is 498 g/mol. The molecule has 0 spiro atoms. The molecule has 0 unspecified atom stereocenters. The van der Waals surface area contributed by atoms with Gasteiger partial charge in [-0.15, -0.1) is 21.5 Å². The molecule has 5 rings (SSSR count). The number of methoxy groups -OCH3 is 1. The van der Waals surface area contributed by atoms with Gasteiger partial charge in [0.2, 0.25) is 5.78 Å². The molecular weight excluding hydrogens is 468 g/mol. The van der Waals surface area contributed by atoms with Crippen molar-refractivity contribution in [2.45, 2.75) is 58.4 Å². The van der Waals surface area contributed by atoms with E-state index in [9.17, 15) is 4.79 Å². The lowest BCUT2D eigenvalue weighted by Gasteiger charge is -2.26. The van der Waals surface area contributed by atoms with Gasteiger partial charge in [0.1, 0.15) is 10.6 Å². The summed E-state index contributed by atoms with van der Waals surface area (Å²) in [6, 6.07) is 7.52. The largest absolute Gasteiger partial charge is 0.497 e. The minimum atomic E-state index is -0.0549. The standard InChI is InChI=1S/C25H30N4O3S2/c1-14(2)10-11-33-25-27-26-24-28(16-6-8-17(31-5)9-7-16)22(30)21-18-12-19(15(3)4)32-13-20(18)34-23(21)29(24)25/h6-9,14-15,19H,10-13H2,1-5H3/t19-/m0/s1. The molecule has 0 saturated heterocycles. The molecule has 4 aromatic rings. The van der Waals surface area contributed by atoms with Crippen LogP contribution in [0.25, 0.3) is 21.7 Å². The number of thiophene rings is 1. The number of hydrogen-bond acceptors (Lipinski definition) is 7. The number of aromatic nitrogens is 4. The van der Waals surface area contributed by atoms with Crippen LogP contribution in [0.15, 0.2) is 34.2 Å². The van der Waals surface area contributed by atoms with Crippen LogP contribution in [0.2, 0.25) is 0 Å². The van der Waals surface area contributed by atoms with E-state index in [1.54, 1.807) is 34.8 Å². The van der Waals surface area contributed by atoms with E-state index < -0.39 is 0 Å². The highest BCUT2D eigenvalue weighted by molar-refractivity contribution is 7.99. The number of hydrogen-bond donors (Lipinski definition) is 0. The zero-order valence-electron chi connectivity index (χ0n) is 20.2. The molecule has 34 heavy (non-hydrogen) atoms. The Balaban J connectivity index is 1.76. The quantitative estimate of drug-likeness (QED) is 0.320. The lowest BCUT2D eigenvalue weighted by molar-refractivity contribution is 0.00200. The molecule has 0 saturated carbocycles. The summed E-state index contributed by atoms with van der Waals surface area (Å²) in [6.45, 7) is 9.32. The fourth-order valence-corrected chi connectivity index (χ4v) is 6.78. The van der Waals surface area contributed by atoms with Gasteiger partial charge in [-0.05, 0) is 48.1 Å². The molecule has 180 valence electrons. The zero-order valence-corrected chi connectivity index (χ0v) is 21.8. The van der Waals surface area contributed by atoms with Crippen LogP contribution in [0.4, 0.5) is 0 Å². The van der Waals surface area contributed by atoms with Gasteiger partial charge in [-0.25, -0.2) is 8.97 Å². The lowest BCUT2D eigenvalue weighted by Crippen LogP contribution is -2.28. The number of ether oxygens (including phenoxy) is 2. The second kappa shape index (κ2) is 9.36. The second-order valence-electron chi connectivity index (χ2n) is 9.47. The summed E-state index contributed by atoms with van der Waals surface area (Å²) in [5.41, 5.74) is 1.81. The van der Waals surface area contributed by atoms with Crippen LogP contribution in [0.5, 0.6) is 5.75 Å². The summed E-state index contributed by atoms with van der Waals surface area (Å²) in [7, 11) is 1.63. The molecular formula is C25H30N4O3S2. The van der Waals surface area contributed by atoms with Crippen molar-refractivity contribution in [1.82, 2.24) is 19.2 Å². The molecule has 0 N–H and O–H groups in total. The van der Waals surface area contributed by atoms with E-state index in [1.165, 1.54) is 0 Å². The van der Waals surface area contributed by atoms with E-state index in [-0.39, 0.29) is 11.7 Å². The molecule has 0 bridgehead atoms. The number of nitrogens with zero attached hydrogens (tertiary/aromatic N) is 4. The van der Waals surface area contributed by atoms with Crippen LogP contribution in [-0.2, 0) is 17.8 Å². The van der Waals surface area contributed by atoms with E-state index in [0.717, 1.165) is 55.8 Å². The molecule has 0 aliphatic carbocycles. The normalized spacial score (nSPS) is 16.1. The van der Waals surface area contributed by atoms with E-state index >= 15 is 0 Å². The molecule has 9 heteroatoms. The van der Waals surface area contributed by atoms with E-state index in [1.807, 2.05) is 24.3 Å². The Morgan fingerprint density at radius 1 is 1.21 bits per heavy atom. The summed E-state index contributed by atoms with van der Waals surface area (Å²) in [5, 5.41) is 10.6. The highest BCUT2D eigenvalue weighted by Crippen LogP contribution is 2.37. The van der Waals surface area contributed by atoms with Gasteiger partial charge >= 0.3 is 0 Å². The van der Waals surface area contributed by atoms with Gasteiger partial charge in [0.15, 0.2) is 5.16 Å². The molecule has 1 aromatic carbocycles. The maximum absolute atomic E-state index is 14.0. The highest BCUT2D eigenvalue weighted by atomic mass is 32.2. The van der Waals surface area contributed by atoms with Crippen LogP contribution in [0.1, 0.15) is 44.6 Å². The topological polar surface area (TPSA) is 70.7 Å². The van der Waals surface area contributed by atoms with Crippen LogP contribution < -0.4 is 10.3 Å². The first-order valence-electron chi connectivity index (χ1n) is 11.7. The first-order chi connectivity index (χ1) is 16.4. The summed E-state index contributed by atoms with van der Waals surface area (Å²) >= 11 is 3.33. The van der Waals surface area contributed by atoms with Crippen molar-refractivity contribution >= 4 is 39.1 Å².